The van der Waals surface area contributed by atoms with Crippen molar-refractivity contribution in [3.05, 3.63) is 51.7 Å². The summed E-state index contributed by atoms with van der Waals surface area (Å²) in [6.07, 6.45) is -4.02. The van der Waals surface area contributed by atoms with E-state index in [0.717, 1.165) is 23.5 Å². The first kappa shape index (κ1) is 37.9. The molecule has 2 aliphatic heterocycles. The molecule has 0 spiro atoms. The highest BCUT2D eigenvalue weighted by atomic mass is 32.7. The first-order chi connectivity index (χ1) is 24.1. The van der Waals surface area contributed by atoms with E-state index in [1.807, 2.05) is 6.92 Å². The number of unbranched alkanes of at least 4 members (excludes halogenated alkanes) is 1. The monoisotopic (exact) mass is 746 g/mol. The number of pyridine rings is 1. The second-order valence-corrected chi connectivity index (χ2v) is 15.0. The van der Waals surface area contributed by atoms with Gasteiger partial charge in [0.1, 0.15) is 42.8 Å². The van der Waals surface area contributed by atoms with E-state index in [-0.39, 0.29) is 19.6 Å². The molecule has 5 rings (SSSR count). The number of hydrogen-bond donors (Lipinski definition) is 4. The van der Waals surface area contributed by atoms with Crippen molar-refractivity contribution in [2.24, 2.45) is 0 Å². The standard InChI is InChI=1S/C28H39N6O14PS/c1-3-4-9-42-10-11-43-28(39)44-15-50-49(40,47-22-18(13-35)45-25(23(22)41-2)33-8-6-19(37)32-27(33)38)48-26-17(36)12-20(46-26)34-14-31-21-16(29)5-7-30-24(21)34/h5-8,14,17-18,20,22-23,25-26,35-36H,3-4,9-13,15H2,1-2H3,(H2,29,30)(H,32,37,38)/t17?,18-,20-,22?,23+,25-,26-,49?/m1/s1. The average Bonchev–Trinajstić information content (AvgIpc) is 3.78. The minimum Gasteiger partial charge on any atom is -0.432 e. The van der Waals surface area contributed by atoms with Crippen LogP contribution in [0, 0.1) is 0 Å². The summed E-state index contributed by atoms with van der Waals surface area (Å²) in [4.78, 5) is 47.1. The van der Waals surface area contributed by atoms with E-state index in [4.69, 9.17) is 43.2 Å². The van der Waals surface area contributed by atoms with Crippen molar-refractivity contribution >= 4 is 41.2 Å². The van der Waals surface area contributed by atoms with Crippen molar-refractivity contribution in [1.29, 1.82) is 0 Å². The molecule has 0 bridgehead atoms. The summed E-state index contributed by atoms with van der Waals surface area (Å²) in [5, 5.41) is 21.1. The van der Waals surface area contributed by atoms with Gasteiger partial charge in [0.05, 0.1) is 25.2 Å². The number of aliphatic hydroxyl groups excluding tert-OH is 2. The molecule has 0 aromatic carbocycles. The van der Waals surface area contributed by atoms with Gasteiger partial charge in [-0.2, -0.15) is 0 Å². The fraction of sp³-hybridized carbons (Fsp3) is 0.607. The molecular formula is C28H39N6O14PS. The van der Waals surface area contributed by atoms with Gasteiger partial charge in [0, 0.05) is 50.0 Å². The maximum atomic E-state index is 14.5. The van der Waals surface area contributed by atoms with Gasteiger partial charge in [0.15, 0.2) is 24.1 Å². The number of anilines is 1. The predicted molar refractivity (Wildman–Crippen MR) is 174 cm³/mol. The Morgan fingerprint density at radius 3 is 2.70 bits per heavy atom. The fourth-order valence-electron chi connectivity index (χ4n) is 5.22. The summed E-state index contributed by atoms with van der Waals surface area (Å²) in [6, 6.07) is 2.66. The Labute approximate surface area is 288 Å². The Morgan fingerprint density at radius 1 is 1.14 bits per heavy atom. The molecule has 22 heteroatoms. The minimum atomic E-state index is -4.56. The van der Waals surface area contributed by atoms with Gasteiger partial charge < -0.3 is 44.4 Å². The lowest BCUT2D eigenvalue weighted by Gasteiger charge is -2.28. The largest absolute Gasteiger partial charge is 0.509 e. The van der Waals surface area contributed by atoms with Crippen LogP contribution in [0.4, 0.5) is 10.5 Å². The van der Waals surface area contributed by atoms with Crippen LogP contribution in [-0.2, 0) is 42.0 Å². The molecule has 2 aliphatic rings. The molecule has 5 heterocycles. The Hall–Kier alpha value is -3.37. The molecular weight excluding hydrogens is 707 g/mol. The molecule has 0 saturated carbocycles. The van der Waals surface area contributed by atoms with Crippen LogP contribution in [0.25, 0.3) is 11.2 Å². The molecule has 50 heavy (non-hydrogen) atoms. The number of carbonyl (C=O) groups excluding carboxylic acids is 1. The summed E-state index contributed by atoms with van der Waals surface area (Å²) < 4.78 is 61.5. The first-order valence-corrected chi connectivity index (χ1v) is 18.7. The van der Waals surface area contributed by atoms with Crippen molar-refractivity contribution in [3.8, 4) is 0 Å². The van der Waals surface area contributed by atoms with E-state index in [1.54, 1.807) is 6.07 Å². The SMILES string of the molecule is CCCCOCCOC(=O)OCSP(=O)(OC1[C@@H](CO)O[C@@H](n2ccc(=O)[nH]c2=O)[C@H]1OC)O[C@H]1O[C@@H](n2cnc3c(N)ccnc32)CC1O. The number of aromatic nitrogens is 5. The second-order valence-electron chi connectivity index (χ2n) is 11.0. The van der Waals surface area contributed by atoms with Crippen molar-refractivity contribution in [2.75, 3.05) is 45.2 Å². The van der Waals surface area contributed by atoms with Crippen molar-refractivity contribution in [2.45, 2.75) is 69.3 Å². The van der Waals surface area contributed by atoms with Gasteiger partial charge in [-0.25, -0.2) is 24.1 Å². The van der Waals surface area contributed by atoms with Crippen LogP contribution in [0.15, 0.2) is 40.4 Å². The van der Waals surface area contributed by atoms with Crippen LogP contribution >= 0.6 is 18.2 Å². The molecule has 2 fully saturated rings. The third-order valence-corrected chi connectivity index (χ3v) is 11.0. The average molecular weight is 747 g/mol. The lowest BCUT2D eigenvalue weighted by atomic mass is 10.1. The van der Waals surface area contributed by atoms with E-state index >= 15 is 0 Å². The Bertz CT molecular complexity index is 1760. The number of carbonyl (C=O) groups is 1. The number of fused-ring (bicyclic) bond motifs is 1. The molecule has 0 aliphatic carbocycles. The number of ether oxygens (including phenoxy) is 6. The predicted octanol–water partition coefficient (Wildman–Crippen LogP) is 1.24. The maximum Gasteiger partial charge on any atom is 0.509 e. The van der Waals surface area contributed by atoms with Crippen LogP contribution < -0.4 is 17.0 Å². The zero-order valence-electron chi connectivity index (χ0n) is 27.1. The quantitative estimate of drug-likeness (QED) is 0.0655. The normalized spacial score (nSPS) is 26.3. The number of nitrogens with two attached hydrogens (primary N) is 1. The van der Waals surface area contributed by atoms with Gasteiger partial charge in [-0.1, -0.05) is 13.3 Å². The summed E-state index contributed by atoms with van der Waals surface area (Å²) in [5.74, 6) is -0.605. The lowest BCUT2D eigenvalue weighted by Crippen LogP contribution is -2.40. The highest BCUT2D eigenvalue weighted by Crippen LogP contribution is 2.64. The Balaban J connectivity index is 1.33. The number of nitrogens with zero attached hydrogens (tertiary/aromatic N) is 4. The molecule has 3 unspecified atom stereocenters. The molecule has 5 N–H and O–H groups in total. The number of hydrogen-bond acceptors (Lipinski definition) is 18. The van der Waals surface area contributed by atoms with Gasteiger partial charge in [0.2, 0.25) is 0 Å². The zero-order chi connectivity index (χ0) is 35.8. The summed E-state index contributed by atoms with van der Waals surface area (Å²) in [7, 11) is 1.27. The summed E-state index contributed by atoms with van der Waals surface area (Å²) >= 11 is 0.418. The lowest BCUT2D eigenvalue weighted by molar-refractivity contribution is -0.131. The smallest absolute Gasteiger partial charge is 0.432 e. The maximum absolute atomic E-state index is 14.5. The summed E-state index contributed by atoms with van der Waals surface area (Å²) in [5.41, 5.74) is 5.67. The van der Waals surface area contributed by atoms with Gasteiger partial charge in [-0.15, -0.1) is 0 Å². The van der Waals surface area contributed by atoms with Crippen molar-refractivity contribution < 1.29 is 57.0 Å². The minimum absolute atomic E-state index is 0.0376. The van der Waals surface area contributed by atoms with E-state index in [2.05, 4.69) is 15.0 Å². The summed E-state index contributed by atoms with van der Waals surface area (Å²) in [6.45, 7) is -2.63. The number of rotatable bonds is 17. The van der Waals surface area contributed by atoms with E-state index in [9.17, 15) is 29.2 Å². The van der Waals surface area contributed by atoms with E-state index < -0.39 is 79.9 Å². The van der Waals surface area contributed by atoms with Crippen LogP contribution in [-0.4, -0.2) is 111 Å². The molecule has 20 nitrogen and oxygen atoms in total. The Kier molecular flexibility index (Phi) is 13.1. The Morgan fingerprint density at radius 2 is 1.96 bits per heavy atom. The second kappa shape index (κ2) is 17.2. The van der Waals surface area contributed by atoms with Gasteiger partial charge >= 0.3 is 18.6 Å². The molecule has 3 aromatic heterocycles. The van der Waals surface area contributed by atoms with E-state index in [1.165, 1.54) is 30.4 Å². The van der Waals surface area contributed by atoms with E-state index in [0.29, 0.717) is 34.8 Å². The van der Waals surface area contributed by atoms with Gasteiger partial charge in [0.25, 0.3) is 5.56 Å². The third kappa shape index (κ3) is 8.91. The number of nitrogen functional groups attached to an aromatic ring is 1. The number of methoxy groups -OCH3 is 1. The molecule has 2 saturated heterocycles. The third-order valence-electron chi connectivity index (χ3n) is 7.67. The van der Waals surface area contributed by atoms with Crippen LogP contribution in [0.3, 0.4) is 0 Å². The molecule has 0 amide bonds. The van der Waals surface area contributed by atoms with Crippen LogP contribution in [0.5, 0.6) is 0 Å². The number of aliphatic hydroxyl groups is 2. The highest BCUT2D eigenvalue weighted by molar-refractivity contribution is 8.55. The van der Waals surface area contributed by atoms with Crippen LogP contribution in [0.1, 0.15) is 38.6 Å². The number of H-pyrrole nitrogens is 1. The highest BCUT2D eigenvalue weighted by Gasteiger charge is 2.52. The number of aromatic amines is 1. The van der Waals surface area contributed by atoms with Gasteiger partial charge in [-0.05, 0) is 12.5 Å². The van der Waals surface area contributed by atoms with Crippen molar-refractivity contribution in [1.82, 2.24) is 24.1 Å². The molecule has 0 radical (unpaired) electrons. The molecule has 276 valence electrons. The fourth-order valence-corrected chi connectivity index (χ4v) is 8.13. The first-order valence-electron chi connectivity index (χ1n) is 15.6. The molecule has 8 atom stereocenters. The topological polar surface area (TPSA) is 260 Å². The van der Waals surface area contributed by atoms with Crippen molar-refractivity contribution in [3.63, 3.8) is 0 Å². The number of imidazole rings is 1. The number of nitrogens with one attached hydrogen (secondary N) is 1. The van der Waals surface area contributed by atoms with Gasteiger partial charge in [-0.3, -0.25) is 28.0 Å². The van der Waals surface area contributed by atoms with Crippen LogP contribution in [0.2, 0.25) is 0 Å². The zero-order valence-corrected chi connectivity index (χ0v) is 28.8. The molecule has 3 aromatic rings.